The van der Waals surface area contributed by atoms with E-state index < -0.39 is 0 Å². The van der Waals surface area contributed by atoms with Crippen LogP contribution in [0, 0.1) is 11.3 Å². The number of benzene rings is 1. The van der Waals surface area contributed by atoms with Crippen molar-refractivity contribution >= 4 is 0 Å². The van der Waals surface area contributed by atoms with E-state index in [1.807, 2.05) is 25.1 Å². The molecule has 2 heteroatoms. The Hall–Kier alpha value is -1.49. The highest BCUT2D eigenvalue weighted by Crippen LogP contribution is 2.26. The Morgan fingerprint density at radius 2 is 2.14 bits per heavy atom. The Labute approximate surface area is 85.1 Å². The van der Waals surface area contributed by atoms with Crippen LogP contribution in [0.4, 0.5) is 0 Å². The third-order valence-corrected chi connectivity index (χ3v) is 2.09. The normalized spacial score (nSPS) is 9.93. The molecule has 0 unspecified atom stereocenters. The van der Waals surface area contributed by atoms with Crippen LogP contribution in [-0.2, 0) is 0 Å². The van der Waals surface area contributed by atoms with Gasteiger partial charge in [0, 0.05) is 0 Å². The minimum atomic E-state index is 0.352. The van der Waals surface area contributed by atoms with Gasteiger partial charge in [0.1, 0.15) is 11.8 Å². The lowest BCUT2D eigenvalue weighted by atomic mass is 9.97. The minimum Gasteiger partial charge on any atom is -0.492 e. The Morgan fingerprint density at radius 1 is 1.43 bits per heavy atom. The zero-order chi connectivity index (χ0) is 10.6. The fourth-order valence-corrected chi connectivity index (χ4v) is 1.42. The lowest BCUT2D eigenvalue weighted by Gasteiger charge is -2.11. The molecule has 0 bridgehead atoms. The Bertz CT molecular complexity index is 350. The maximum atomic E-state index is 9.04. The number of nitrogens with zero attached hydrogens (tertiary/aromatic N) is 1. The van der Waals surface area contributed by atoms with Crippen LogP contribution in [0.5, 0.6) is 5.75 Å². The lowest BCUT2D eigenvalue weighted by molar-refractivity contribution is 0.338. The molecule has 1 rings (SSSR count). The SMILES string of the molecule is CCOc1cccc(C(C)C)c1C#N. The van der Waals surface area contributed by atoms with Gasteiger partial charge in [0.25, 0.3) is 0 Å². The standard InChI is InChI=1S/C12H15NO/c1-4-14-12-7-5-6-10(9(2)3)11(12)8-13/h5-7,9H,4H2,1-3H3. The first kappa shape index (κ1) is 10.6. The Morgan fingerprint density at radius 3 is 2.64 bits per heavy atom. The van der Waals surface area contributed by atoms with Crippen LogP contribution >= 0.6 is 0 Å². The van der Waals surface area contributed by atoms with Crippen LogP contribution in [-0.4, -0.2) is 6.61 Å². The summed E-state index contributed by atoms with van der Waals surface area (Å²) in [6.07, 6.45) is 0. The van der Waals surface area contributed by atoms with Crippen molar-refractivity contribution in [2.45, 2.75) is 26.7 Å². The van der Waals surface area contributed by atoms with Gasteiger partial charge in [-0.25, -0.2) is 0 Å². The summed E-state index contributed by atoms with van der Waals surface area (Å²) in [6, 6.07) is 7.96. The van der Waals surface area contributed by atoms with Crippen LogP contribution in [0.15, 0.2) is 18.2 Å². The number of hydrogen-bond donors (Lipinski definition) is 0. The molecule has 2 nitrogen and oxygen atoms in total. The van der Waals surface area contributed by atoms with Crippen LogP contribution in [0.2, 0.25) is 0 Å². The second-order valence-electron chi connectivity index (χ2n) is 3.42. The Balaban J connectivity index is 3.20. The number of ether oxygens (including phenoxy) is 1. The molecule has 0 aliphatic rings. The molecule has 0 saturated heterocycles. The highest BCUT2D eigenvalue weighted by Gasteiger charge is 2.10. The monoisotopic (exact) mass is 189 g/mol. The number of hydrogen-bond acceptors (Lipinski definition) is 2. The summed E-state index contributed by atoms with van der Waals surface area (Å²) in [5.74, 6) is 1.05. The molecule has 1 aromatic rings. The molecular weight excluding hydrogens is 174 g/mol. The van der Waals surface area contributed by atoms with Gasteiger partial charge in [0.05, 0.1) is 12.2 Å². The Kier molecular flexibility index (Phi) is 3.53. The molecule has 0 aliphatic heterocycles. The molecule has 0 radical (unpaired) electrons. The number of nitriles is 1. The first-order chi connectivity index (χ1) is 6.70. The molecular formula is C12H15NO. The van der Waals surface area contributed by atoms with Gasteiger partial charge < -0.3 is 4.74 Å². The summed E-state index contributed by atoms with van der Waals surface area (Å²) in [6.45, 7) is 6.66. The van der Waals surface area contributed by atoms with Crippen molar-refractivity contribution in [3.63, 3.8) is 0 Å². The van der Waals surface area contributed by atoms with Gasteiger partial charge >= 0.3 is 0 Å². The van der Waals surface area contributed by atoms with Gasteiger partial charge in [-0.3, -0.25) is 0 Å². The van der Waals surface area contributed by atoms with Crippen LogP contribution in [0.3, 0.4) is 0 Å². The maximum Gasteiger partial charge on any atom is 0.137 e. The summed E-state index contributed by atoms with van der Waals surface area (Å²) in [7, 11) is 0. The van der Waals surface area contributed by atoms with Gasteiger partial charge in [-0.05, 0) is 24.5 Å². The van der Waals surface area contributed by atoms with Crippen LogP contribution in [0.1, 0.15) is 37.8 Å². The van der Waals surface area contributed by atoms with E-state index in [0.29, 0.717) is 23.8 Å². The van der Waals surface area contributed by atoms with E-state index in [9.17, 15) is 0 Å². The number of rotatable bonds is 3. The van der Waals surface area contributed by atoms with Crippen LogP contribution < -0.4 is 4.74 Å². The largest absolute Gasteiger partial charge is 0.492 e. The van der Waals surface area contributed by atoms with Gasteiger partial charge in [-0.15, -0.1) is 0 Å². The zero-order valence-electron chi connectivity index (χ0n) is 8.87. The molecule has 0 atom stereocenters. The summed E-state index contributed by atoms with van der Waals surface area (Å²) in [4.78, 5) is 0. The van der Waals surface area contributed by atoms with Crippen LogP contribution in [0.25, 0.3) is 0 Å². The molecule has 0 saturated carbocycles. The molecule has 0 amide bonds. The highest BCUT2D eigenvalue weighted by molar-refractivity contribution is 5.49. The molecule has 0 heterocycles. The molecule has 0 aliphatic carbocycles. The maximum absolute atomic E-state index is 9.04. The fraction of sp³-hybridized carbons (Fsp3) is 0.417. The molecule has 74 valence electrons. The third kappa shape index (κ3) is 2.05. The van der Waals surface area contributed by atoms with Gasteiger partial charge in [-0.1, -0.05) is 26.0 Å². The second-order valence-corrected chi connectivity index (χ2v) is 3.42. The third-order valence-electron chi connectivity index (χ3n) is 2.09. The first-order valence-corrected chi connectivity index (χ1v) is 4.86. The van der Waals surface area contributed by atoms with Gasteiger partial charge in [0.15, 0.2) is 0 Å². The summed E-state index contributed by atoms with van der Waals surface area (Å²) in [5.41, 5.74) is 1.72. The predicted octanol–water partition coefficient (Wildman–Crippen LogP) is 3.08. The van der Waals surface area contributed by atoms with Crippen molar-refractivity contribution < 1.29 is 4.74 Å². The van der Waals surface area contributed by atoms with E-state index in [0.717, 1.165) is 5.56 Å². The summed E-state index contributed by atoms with van der Waals surface area (Å²) < 4.78 is 5.40. The molecule has 1 aromatic carbocycles. The van der Waals surface area contributed by atoms with E-state index in [1.54, 1.807) is 0 Å². The quantitative estimate of drug-likeness (QED) is 0.732. The highest BCUT2D eigenvalue weighted by atomic mass is 16.5. The van der Waals surface area contributed by atoms with Crippen molar-refractivity contribution in [2.75, 3.05) is 6.61 Å². The molecule has 0 aromatic heterocycles. The molecule has 14 heavy (non-hydrogen) atoms. The van der Waals surface area contributed by atoms with E-state index in [4.69, 9.17) is 10.00 Å². The van der Waals surface area contributed by atoms with Gasteiger partial charge in [0.2, 0.25) is 0 Å². The van der Waals surface area contributed by atoms with E-state index in [1.165, 1.54) is 0 Å². The van der Waals surface area contributed by atoms with Crippen molar-refractivity contribution in [1.82, 2.24) is 0 Å². The van der Waals surface area contributed by atoms with E-state index >= 15 is 0 Å². The van der Waals surface area contributed by atoms with Crippen molar-refractivity contribution in [1.29, 1.82) is 5.26 Å². The average Bonchev–Trinajstić information content (AvgIpc) is 2.18. The predicted molar refractivity (Wildman–Crippen MR) is 56.4 cm³/mol. The van der Waals surface area contributed by atoms with Crippen molar-refractivity contribution in [2.24, 2.45) is 0 Å². The molecule has 0 N–H and O–H groups in total. The van der Waals surface area contributed by atoms with Gasteiger partial charge in [-0.2, -0.15) is 5.26 Å². The lowest BCUT2D eigenvalue weighted by Crippen LogP contribution is -1.99. The van der Waals surface area contributed by atoms with Crippen molar-refractivity contribution in [3.8, 4) is 11.8 Å². The first-order valence-electron chi connectivity index (χ1n) is 4.86. The molecule has 0 fully saturated rings. The topological polar surface area (TPSA) is 33.0 Å². The minimum absolute atomic E-state index is 0.352. The second kappa shape index (κ2) is 4.66. The zero-order valence-corrected chi connectivity index (χ0v) is 8.87. The van der Waals surface area contributed by atoms with E-state index in [-0.39, 0.29) is 0 Å². The van der Waals surface area contributed by atoms with E-state index in [2.05, 4.69) is 19.9 Å². The van der Waals surface area contributed by atoms with Crippen molar-refractivity contribution in [3.05, 3.63) is 29.3 Å². The smallest absolute Gasteiger partial charge is 0.137 e. The summed E-state index contributed by atoms with van der Waals surface area (Å²) in [5, 5.41) is 9.04. The fourth-order valence-electron chi connectivity index (χ4n) is 1.42. The summed E-state index contributed by atoms with van der Waals surface area (Å²) >= 11 is 0. The average molecular weight is 189 g/mol. The molecule has 0 spiro atoms.